The lowest BCUT2D eigenvalue weighted by Gasteiger charge is -2.15. The zero-order chi connectivity index (χ0) is 12.7. The van der Waals surface area contributed by atoms with Crippen molar-refractivity contribution >= 4 is 11.6 Å². The summed E-state index contributed by atoms with van der Waals surface area (Å²) in [7, 11) is 1.65. The van der Waals surface area contributed by atoms with Gasteiger partial charge in [-0.05, 0) is 30.0 Å². The average Bonchev–Trinajstić information content (AvgIpc) is 2.36. The topological polar surface area (TPSA) is 18.5 Å². The Morgan fingerprint density at radius 2 is 2.06 bits per heavy atom. The van der Waals surface area contributed by atoms with Gasteiger partial charge in [0.2, 0.25) is 0 Å². The van der Waals surface area contributed by atoms with Gasteiger partial charge in [0.25, 0.3) is 0 Å². The van der Waals surface area contributed by atoms with E-state index in [2.05, 4.69) is 13.8 Å². The molecule has 0 aliphatic carbocycles. The van der Waals surface area contributed by atoms with E-state index in [4.69, 9.17) is 21.1 Å². The van der Waals surface area contributed by atoms with E-state index in [0.717, 1.165) is 23.7 Å². The van der Waals surface area contributed by atoms with E-state index in [1.54, 1.807) is 7.11 Å². The maximum absolute atomic E-state index is 5.81. The third-order valence-electron chi connectivity index (χ3n) is 2.69. The number of ether oxygens (including phenoxy) is 2. The van der Waals surface area contributed by atoms with Crippen LogP contribution in [0.25, 0.3) is 0 Å². The van der Waals surface area contributed by atoms with Gasteiger partial charge in [0.15, 0.2) is 11.5 Å². The summed E-state index contributed by atoms with van der Waals surface area (Å²) in [5.41, 5.74) is 1.05. The van der Waals surface area contributed by atoms with Crippen LogP contribution in [0.4, 0.5) is 0 Å². The molecule has 0 heterocycles. The van der Waals surface area contributed by atoms with Crippen LogP contribution in [0.5, 0.6) is 11.5 Å². The molecule has 0 aromatic heterocycles. The highest BCUT2D eigenvalue weighted by Gasteiger charge is 2.08. The molecular formula is C14H21ClO2. The van der Waals surface area contributed by atoms with Crippen LogP contribution >= 0.6 is 11.6 Å². The number of rotatable bonds is 7. The molecule has 1 rings (SSSR count). The Morgan fingerprint density at radius 1 is 1.29 bits per heavy atom. The van der Waals surface area contributed by atoms with Crippen LogP contribution in [0.15, 0.2) is 18.2 Å². The summed E-state index contributed by atoms with van der Waals surface area (Å²) >= 11 is 5.81. The minimum Gasteiger partial charge on any atom is -0.493 e. The predicted molar refractivity (Wildman–Crippen MR) is 72.1 cm³/mol. The van der Waals surface area contributed by atoms with Gasteiger partial charge in [-0.2, -0.15) is 0 Å². The Bertz CT molecular complexity index is 339. The summed E-state index contributed by atoms with van der Waals surface area (Å²) < 4.78 is 11.1. The van der Waals surface area contributed by atoms with E-state index in [0.29, 0.717) is 11.8 Å². The second kappa shape index (κ2) is 7.44. The van der Waals surface area contributed by atoms with Crippen molar-refractivity contribution in [2.45, 2.75) is 32.6 Å². The molecule has 0 radical (unpaired) electrons. The highest BCUT2D eigenvalue weighted by molar-refractivity contribution is 6.17. The molecule has 0 N–H and O–H groups in total. The van der Waals surface area contributed by atoms with Gasteiger partial charge in [-0.15, -0.1) is 11.6 Å². The van der Waals surface area contributed by atoms with Gasteiger partial charge in [-0.1, -0.05) is 26.3 Å². The molecule has 1 aromatic rings. The first-order valence-electron chi connectivity index (χ1n) is 6.06. The van der Waals surface area contributed by atoms with E-state index in [-0.39, 0.29) is 0 Å². The summed E-state index contributed by atoms with van der Waals surface area (Å²) in [5, 5.41) is 0. The van der Waals surface area contributed by atoms with Crippen LogP contribution in [0.1, 0.15) is 32.3 Å². The van der Waals surface area contributed by atoms with Crippen LogP contribution < -0.4 is 9.47 Å². The third kappa shape index (κ3) is 4.47. The molecule has 1 unspecified atom stereocenters. The fraction of sp³-hybridized carbons (Fsp3) is 0.571. The normalized spacial score (nSPS) is 12.2. The van der Waals surface area contributed by atoms with E-state index < -0.39 is 0 Å². The molecule has 2 nitrogen and oxygen atoms in total. The van der Waals surface area contributed by atoms with Crippen molar-refractivity contribution in [1.29, 1.82) is 0 Å². The van der Waals surface area contributed by atoms with E-state index in [1.165, 1.54) is 12.8 Å². The molecule has 0 aliphatic rings. The Kier molecular flexibility index (Phi) is 6.20. The Morgan fingerprint density at radius 3 is 2.65 bits per heavy atom. The van der Waals surface area contributed by atoms with Gasteiger partial charge in [-0.3, -0.25) is 0 Å². The molecule has 17 heavy (non-hydrogen) atoms. The van der Waals surface area contributed by atoms with Crippen LogP contribution in [-0.2, 0) is 5.88 Å². The van der Waals surface area contributed by atoms with Gasteiger partial charge in [0.05, 0.1) is 13.7 Å². The van der Waals surface area contributed by atoms with Crippen molar-refractivity contribution in [1.82, 2.24) is 0 Å². The average molecular weight is 257 g/mol. The van der Waals surface area contributed by atoms with Crippen LogP contribution in [0, 0.1) is 5.92 Å². The molecule has 0 spiro atoms. The summed E-state index contributed by atoms with van der Waals surface area (Å²) in [4.78, 5) is 0. The molecule has 0 bridgehead atoms. The quantitative estimate of drug-likeness (QED) is 0.679. The molecule has 0 aliphatic heterocycles. The van der Waals surface area contributed by atoms with Gasteiger partial charge in [0, 0.05) is 5.88 Å². The summed E-state index contributed by atoms with van der Waals surface area (Å²) in [6.45, 7) is 5.10. The zero-order valence-electron chi connectivity index (χ0n) is 10.8. The Hall–Kier alpha value is -0.890. The zero-order valence-corrected chi connectivity index (χ0v) is 11.6. The fourth-order valence-electron chi connectivity index (χ4n) is 1.73. The standard InChI is InChI=1S/C14H21ClO2/c1-4-5-11(2)10-17-14-8-12(9-15)6-7-13(14)16-3/h6-8,11H,4-5,9-10H2,1-3H3. The number of methoxy groups -OCH3 is 1. The molecule has 96 valence electrons. The van der Waals surface area contributed by atoms with Crippen molar-refractivity contribution in [3.05, 3.63) is 23.8 Å². The van der Waals surface area contributed by atoms with E-state index in [9.17, 15) is 0 Å². The second-order valence-electron chi connectivity index (χ2n) is 4.32. The monoisotopic (exact) mass is 256 g/mol. The molecular weight excluding hydrogens is 236 g/mol. The number of hydrogen-bond acceptors (Lipinski definition) is 2. The molecule has 0 amide bonds. The third-order valence-corrected chi connectivity index (χ3v) is 3.00. The first-order chi connectivity index (χ1) is 8.21. The number of alkyl halides is 1. The predicted octanol–water partition coefficient (Wildman–Crippen LogP) is 4.25. The maximum Gasteiger partial charge on any atom is 0.161 e. The lowest BCUT2D eigenvalue weighted by Crippen LogP contribution is -2.09. The minimum absolute atomic E-state index is 0.491. The summed E-state index contributed by atoms with van der Waals surface area (Å²) in [5.74, 6) is 2.60. The van der Waals surface area contributed by atoms with E-state index >= 15 is 0 Å². The SMILES string of the molecule is CCCC(C)COc1cc(CCl)ccc1OC. The number of halogens is 1. The lowest BCUT2D eigenvalue weighted by molar-refractivity contribution is 0.240. The molecule has 3 heteroatoms. The number of hydrogen-bond donors (Lipinski definition) is 0. The summed E-state index contributed by atoms with van der Waals surface area (Å²) in [6, 6.07) is 5.80. The first kappa shape index (κ1) is 14.2. The van der Waals surface area contributed by atoms with Crippen molar-refractivity contribution in [2.75, 3.05) is 13.7 Å². The second-order valence-corrected chi connectivity index (χ2v) is 4.59. The van der Waals surface area contributed by atoms with Crippen molar-refractivity contribution < 1.29 is 9.47 Å². The van der Waals surface area contributed by atoms with Crippen LogP contribution in [0.3, 0.4) is 0 Å². The lowest BCUT2D eigenvalue weighted by atomic mass is 10.1. The fourth-order valence-corrected chi connectivity index (χ4v) is 1.89. The maximum atomic E-state index is 5.81. The Labute approximate surface area is 109 Å². The van der Waals surface area contributed by atoms with Crippen molar-refractivity contribution in [2.24, 2.45) is 5.92 Å². The highest BCUT2D eigenvalue weighted by Crippen LogP contribution is 2.29. The first-order valence-corrected chi connectivity index (χ1v) is 6.60. The van der Waals surface area contributed by atoms with Crippen molar-refractivity contribution in [3.8, 4) is 11.5 Å². The van der Waals surface area contributed by atoms with Crippen LogP contribution in [0.2, 0.25) is 0 Å². The molecule has 1 atom stereocenters. The summed E-state index contributed by atoms with van der Waals surface area (Å²) in [6.07, 6.45) is 2.36. The smallest absolute Gasteiger partial charge is 0.161 e. The molecule has 0 saturated heterocycles. The highest BCUT2D eigenvalue weighted by atomic mass is 35.5. The minimum atomic E-state index is 0.491. The van der Waals surface area contributed by atoms with E-state index in [1.807, 2.05) is 18.2 Å². The van der Waals surface area contributed by atoms with Gasteiger partial charge in [0.1, 0.15) is 0 Å². The largest absolute Gasteiger partial charge is 0.493 e. The van der Waals surface area contributed by atoms with Gasteiger partial charge < -0.3 is 9.47 Å². The van der Waals surface area contributed by atoms with Crippen molar-refractivity contribution in [3.63, 3.8) is 0 Å². The van der Waals surface area contributed by atoms with Crippen LogP contribution in [-0.4, -0.2) is 13.7 Å². The molecule has 0 saturated carbocycles. The number of benzene rings is 1. The molecule has 0 fully saturated rings. The van der Waals surface area contributed by atoms with Gasteiger partial charge in [-0.25, -0.2) is 0 Å². The Balaban J connectivity index is 2.67. The molecule has 1 aromatic carbocycles. The van der Waals surface area contributed by atoms with Gasteiger partial charge >= 0.3 is 0 Å².